The molecule has 2 heterocycles. The molecule has 0 aliphatic heterocycles. The van der Waals surface area contributed by atoms with Crippen LogP contribution in [0.4, 0.5) is 5.82 Å². The average Bonchev–Trinajstić information content (AvgIpc) is 2.61. The number of para-hydroxylation sites is 1. The highest BCUT2D eigenvalue weighted by atomic mass is 35.5. The first-order valence-corrected chi connectivity index (χ1v) is 7.79. The van der Waals surface area contributed by atoms with Crippen LogP contribution in [0.5, 0.6) is 5.75 Å². The SMILES string of the molecule is C=CCn1c(=O)c(C(=O)Nc2ccc(Cl)cn2)c(O)c2ccccc21. The van der Waals surface area contributed by atoms with Crippen molar-refractivity contribution in [1.29, 1.82) is 0 Å². The lowest BCUT2D eigenvalue weighted by atomic mass is 10.1. The highest BCUT2D eigenvalue weighted by Crippen LogP contribution is 2.26. The minimum absolute atomic E-state index is 0.207. The van der Waals surface area contributed by atoms with Crippen LogP contribution >= 0.6 is 11.6 Å². The van der Waals surface area contributed by atoms with E-state index < -0.39 is 11.5 Å². The van der Waals surface area contributed by atoms with Gasteiger partial charge in [-0.3, -0.25) is 9.59 Å². The number of carbonyl (C=O) groups is 1. The van der Waals surface area contributed by atoms with Gasteiger partial charge in [-0.15, -0.1) is 6.58 Å². The predicted octanol–water partition coefficient (Wildman–Crippen LogP) is 3.19. The zero-order valence-corrected chi connectivity index (χ0v) is 13.8. The molecule has 0 atom stereocenters. The Hall–Kier alpha value is -3.12. The van der Waals surface area contributed by atoms with Gasteiger partial charge in [0.25, 0.3) is 11.5 Å². The van der Waals surface area contributed by atoms with Crippen molar-refractivity contribution in [1.82, 2.24) is 9.55 Å². The third-order valence-electron chi connectivity index (χ3n) is 3.65. The zero-order chi connectivity index (χ0) is 18.0. The van der Waals surface area contributed by atoms with Gasteiger partial charge >= 0.3 is 0 Å². The second kappa shape index (κ2) is 6.78. The van der Waals surface area contributed by atoms with Crippen LogP contribution in [0.1, 0.15) is 10.4 Å². The summed E-state index contributed by atoms with van der Waals surface area (Å²) < 4.78 is 1.38. The molecule has 3 rings (SSSR count). The Morgan fingerprint density at radius 3 is 2.76 bits per heavy atom. The van der Waals surface area contributed by atoms with Gasteiger partial charge in [-0.2, -0.15) is 0 Å². The van der Waals surface area contributed by atoms with E-state index in [0.717, 1.165) is 0 Å². The van der Waals surface area contributed by atoms with Gasteiger partial charge in [-0.25, -0.2) is 4.98 Å². The number of anilines is 1. The van der Waals surface area contributed by atoms with Crippen LogP contribution in [0.15, 0.2) is 60.0 Å². The Bertz CT molecular complexity index is 1030. The highest BCUT2D eigenvalue weighted by Gasteiger charge is 2.22. The van der Waals surface area contributed by atoms with E-state index in [0.29, 0.717) is 15.9 Å². The quantitative estimate of drug-likeness (QED) is 0.704. The summed E-state index contributed by atoms with van der Waals surface area (Å²) in [7, 11) is 0. The van der Waals surface area contributed by atoms with Crippen molar-refractivity contribution in [3.8, 4) is 5.75 Å². The number of nitrogens with zero attached hydrogens (tertiary/aromatic N) is 2. The maximum atomic E-state index is 12.7. The summed E-state index contributed by atoms with van der Waals surface area (Å²) in [5, 5.41) is 13.8. The number of halogens is 1. The molecule has 0 fully saturated rings. The van der Waals surface area contributed by atoms with Gasteiger partial charge in [0.1, 0.15) is 17.1 Å². The van der Waals surface area contributed by atoms with Crippen LogP contribution < -0.4 is 10.9 Å². The van der Waals surface area contributed by atoms with Gasteiger partial charge in [0.2, 0.25) is 0 Å². The molecule has 0 aliphatic carbocycles. The van der Waals surface area contributed by atoms with Crippen LogP contribution in [0.3, 0.4) is 0 Å². The summed E-state index contributed by atoms with van der Waals surface area (Å²) in [6, 6.07) is 9.86. The number of aromatic hydroxyl groups is 1. The number of amides is 1. The molecule has 25 heavy (non-hydrogen) atoms. The number of carbonyl (C=O) groups excluding carboxylic acids is 1. The number of allylic oxidation sites excluding steroid dienone is 1. The summed E-state index contributed by atoms with van der Waals surface area (Å²) in [5.74, 6) is -0.898. The Morgan fingerprint density at radius 1 is 1.32 bits per heavy atom. The average molecular weight is 356 g/mol. The number of hydrogen-bond acceptors (Lipinski definition) is 4. The fourth-order valence-electron chi connectivity index (χ4n) is 2.53. The van der Waals surface area contributed by atoms with Crippen molar-refractivity contribution in [2.45, 2.75) is 6.54 Å². The number of benzene rings is 1. The number of hydrogen-bond donors (Lipinski definition) is 2. The maximum absolute atomic E-state index is 12.7. The van der Waals surface area contributed by atoms with Crippen molar-refractivity contribution in [3.63, 3.8) is 0 Å². The standard InChI is InChI=1S/C18H14ClN3O3/c1-2-9-22-13-6-4-3-5-12(13)16(23)15(18(22)25)17(24)21-14-8-7-11(19)10-20-14/h2-8,10,23H,1,9H2,(H,20,21,24). The number of nitrogens with one attached hydrogen (secondary N) is 1. The van der Waals surface area contributed by atoms with Crippen LogP contribution in [0, 0.1) is 0 Å². The molecule has 0 aliphatic rings. The van der Waals surface area contributed by atoms with Gasteiger partial charge in [-0.1, -0.05) is 29.8 Å². The maximum Gasteiger partial charge on any atom is 0.268 e. The van der Waals surface area contributed by atoms with Crippen LogP contribution in [0.2, 0.25) is 5.02 Å². The molecular formula is C18H14ClN3O3. The lowest BCUT2D eigenvalue weighted by Gasteiger charge is -2.13. The molecule has 0 saturated heterocycles. The van der Waals surface area contributed by atoms with Gasteiger partial charge in [-0.05, 0) is 24.3 Å². The van der Waals surface area contributed by atoms with Gasteiger partial charge in [0.05, 0.1) is 10.5 Å². The Kier molecular flexibility index (Phi) is 4.54. The van der Waals surface area contributed by atoms with Gasteiger partial charge < -0.3 is 15.0 Å². The fraction of sp³-hybridized carbons (Fsp3) is 0.0556. The first-order chi connectivity index (χ1) is 12.0. The summed E-state index contributed by atoms with van der Waals surface area (Å²) >= 11 is 5.76. The molecule has 0 bridgehead atoms. The number of fused-ring (bicyclic) bond motifs is 1. The molecule has 126 valence electrons. The number of aromatic nitrogens is 2. The second-order valence-corrected chi connectivity index (χ2v) is 5.70. The summed E-state index contributed by atoms with van der Waals surface area (Å²) in [5.41, 5.74) is -0.439. The fourth-order valence-corrected chi connectivity index (χ4v) is 2.64. The molecule has 0 saturated carbocycles. The van der Waals surface area contributed by atoms with E-state index >= 15 is 0 Å². The number of rotatable bonds is 4. The Labute approximate surface area is 148 Å². The van der Waals surface area contributed by atoms with Gasteiger partial charge in [0.15, 0.2) is 0 Å². The molecule has 3 aromatic rings. The van der Waals surface area contributed by atoms with Crippen molar-refractivity contribution in [2.24, 2.45) is 0 Å². The van der Waals surface area contributed by atoms with Crippen molar-refractivity contribution >= 4 is 34.2 Å². The third-order valence-corrected chi connectivity index (χ3v) is 3.88. The minimum Gasteiger partial charge on any atom is -0.506 e. The third kappa shape index (κ3) is 3.12. The molecule has 1 aromatic carbocycles. The smallest absolute Gasteiger partial charge is 0.268 e. The topological polar surface area (TPSA) is 84.2 Å². The Balaban J connectivity index is 2.14. The van der Waals surface area contributed by atoms with E-state index in [2.05, 4.69) is 16.9 Å². The van der Waals surface area contributed by atoms with E-state index in [1.807, 2.05) is 0 Å². The Morgan fingerprint density at radius 2 is 2.08 bits per heavy atom. The molecule has 0 unspecified atom stereocenters. The van der Waals surface area contributed by atoms with Crippen LogP contribution in [-0.2, 0) is 6.54 Å². The normalized spacial score (nSPS) is 10.6. The lowest BCUT2D eigenvalue weighted by molar-refractivity contribution is 0.102. The van der Waals surface area contributed by atoms with Crippen LogP contribution in [0.25, 0.3) is 10.9 Å². The van der Waals surface area contributed by atoms with Crippen molar-refractivity contribution < 1.29 is 9.90 Å². The molecule has 0 radical (unpaired) electrons. The monoisotopic (exact) mass is 355 g/mol. The largest absolute Gasteiger partial charge is 0.506 e. The van der Waals surface area contributed by atoms with E-state index in [9.17, 15) is 14.7 Å². The second-order valence-electron chi connectivity index (χ2n) is 5.26. The molecule has 2 N–H and O–H groups in total. The molecule has 2 aromatic heterocycles. The summed E-state index contributed by atoms with van der Waals surface area (Å²) in [6.07, 6.45) is 2.92. The first kappa shape index (κ1) is 16.7. The molecular weight excluding hydrogens is 342 g/mol. The number of pyridine rings is 2. The summed E-state index contributed by atoms with van der Waals surface area (Å²) in [4.78, 5) is 29.2. The lowest BCUT2D eigenvalue weighted by Crippen LogP contribution is -2.29. The highest BCUT2D eigenvalue weighted by molar-refractivity contribution is 6.30. The predicted molar refractivity (Wildman–Crippen MR) is 97.3 cm³/mol. The van der Waals surface area contributed by atoms with E-state index in [1.54, 1.807) is 36.4 Å². The first-order valence-electron chi connectivity index (χ1n) is 7.41. The van der Waals surface area contributed by atoms with E-state index in [4.69, 9.17) is 11.6 Å². The zero-order valence-electron chi connectivity index (χ0n) is 13.1. The van der Waals surface area contributed by atoms with Gasteiger partial charge in [0, 0.05) is 18.1 Å². The van der Waals surface area contributed by atoms with E-state index in [1.165, 1.54) is 16.8 Å². The van der Waals surface area contributed by atoms with Crippen molar-refractivity contribution in [2.75, 3.05) is 5.32 Å². The summed E-state index contributed by atoms with van der Waals surface area (Å²) in [6.45, 7) is 3.84. The molecule has 7 heteroatoms. The van der Waals surface area contributed by atoms with Crippen LogP contribution in [-0.4, -0.2) is 20.6 Å². The van der Waals surface area contributed by atoms with Crippen molar-refractivity contribution in [3.05, 3.63) is 76.2 Å². The van der Waals surface area contributed by atoms with E-state index in [-0.39, 0.29) is 23.7 Å². The minimum atomic E-state index is -0.749. The molecule has 6 nitrogen and oxygen atoms in total. The molecule has 0 spiro atoms. The molecule has 1 amide bonds.